The summed E-state index contributed by atoms with van der Waals surface area (Å²) in [6, 6.07) is 10.6. The fourth-order valence-electron chi connectivity index (χ4n) is 4.09. The maximum absolute atomic E-state index is 10.4. The van der Waals surface area contributed by atoms with Gasteiger partial charge in [-0.25, -0.2) is 0 Å². The number of aliphatic hydroxyl groups excluding tert-OH is 1. The molecule has 20 heavy (non-hydrogen) atoms. The molecule has 1 heteroatoms. The summed E-state index contributed by atoms with van der Waals surface area (Å²) in [6.45, 7) is 8.17. The van der Waals surface area contributed by atoms with Gasteiger partial charge >= 0.3 is 0 Å². The van der Waals surface area contributed by atoms with Crippen LogP contribution in [0.1, 0.15) is 12.0 Å². The molecule has 1 N–H and O–H groups in total. The summed E-state index contributed by atoms with van der Waals surface area (Å²) in [5, 5.41) is 10.4. The Morgan fingerprint density at radius 1 is 1.25 bits per heavy atom. The van der Waals surface area contributed by atoms with Crippen LogP contribution in [-0.2, 0) is 6.42 Å². The van der Waals surface area contributed by atoms with E-state index in [1.165, 1.54) is 5.56 Å². The van der Waals surface area contributed by atoms with E-state index in [1.54, 1.807) is 0 Å². The Bertz CT molecular complexity index is 528. The van der Waals surface area contributed by atoms with Gasteiger partial charge in [-0.05, 0) is 42.1 Å². The van der Waals surface area contributed by atoms with Gasteiger partial charge in [-0.3, -0.25) is 0 Å². The molecular weight excluding hydrogens is 244 g/mol. The molecule has 1 unspecified atom stereocenters. The Morgan fingerprint density at radius 2 is 2.00 bits per heavy atom. The number of hydrogen-bond acceptors (Lipinski definition) is 1. The lowest BCUT2D eigenvalue weighted by Crippen LogP contribution is -2.32. The monoisotopic (exact) mass is 266 g/mol. The SMILES string of the molecule is C=C[C@@H]1C[C@@H](Cc2ccccc2)[C@@H]2C(O)C=CC(=C)[C@H]21. The minimum atomic E-state index is -0.343. The van der Waals surface area contributed by atoms with Crippen molar-refractivity contribution in [1.82, 2.24) is 0 Å². The molecular formula is C19H22O. The quantitative estimate of drug-likeness (QED) is 0.826. The molecule has 0 saturated heterocycles. The normalized spacial score (nSPS) is 35.9. The van der Waals surface area contributed by atoms with Crippen LogP contribution >= 0.6 is 0 Å². The van der Waals surface area contributed by atoms with Crippen LogP contribution in [0.25, 0.3) is 0 Å². The molecule has 1 fully saturated rings. The molecule has 0 aromatic heterocycles. The molecule has 1 nitrogen and oxygen atoms in total. The zero-order valence-electron chi connectivity index (χ0n) is 11.8. The predicted octanol–water partition coefficient (Wildman–Crippen LogP) is 3.77. The molecule has 0 spiro atoms. The third-order valence-corrected chi connectivity index (χ3v) is 4.97. The van der Waals surface area contributed by atoms with Gasteiger partial charge in [0.25, 0.3) is 0 Å². The third kappa shape index (κ3) is 2.27. The first-order valence-corrected chi connectivity index (χ1v) is 7.42. The third-order valence-electron chi connectivity index (χ3n) is 4.97. The van der Waals surface area contributed by atoms with Crippen molar-refractivity contribution in [3.05, 3.63) is 72.9 Å². The van der Waals surface area contributed by atoms with E-state index in [1.807, 2.05) is 18.2 Å². The molecule has 0 heterocycles. The Labute approximate surface area is 121 Å². The van der Waals surface area contributed by atoms with Crippen LogP contribution in [0.4, 0.5) is 0 Å². The van der Waals surface area contributed by atoms with Crippen LogP contribution in [0.3, 0.4) is 0 Å². The summed E-state index contributed by atoms with van der Waals surface area (Å²) in [7, 11) is 0. The minimum Gasteiger partial charge on any atom is -0.389 e. The lowest BCUT2D eigenvalue weighted by molar-refractivity contribution is 0.101. The van der Waals surface area contributed by atoms with Crippen LogP contribution in [0.15, 0.2) is 67.3 Å². The number of hydrogen-bond donors (Lipinski definition) is 1. The summed E-state index contributed by atoms with van der Waals surface area (Å²) >= 11 is 0. The highest BCUT2D eigenvalue weighted by Crippen LogP contribution is 2.50. The van der Waals surface area contributed by atoms with Crippen molar-refractivity contribution >= 4 is 0 Å². The molecule has 1 aromatic carbocycles. The van der Waals surface area contributed by atoms with E-state index in [4.69, 9.17) is 0 Å². The van der Waals surface area contributed by atoms with Crippen molar-refractivity contribution in [3.63, 3.8) is 0 Å². The van der Waals surface area contributed by atoms with Crippen LogP contribution in [0.2, 0.25) is 0 Å². The van der Waals surface area contributed by atoms with Crippen molar-refractivity contribution in [2.24, 2.45) is 23.7 Å². The minimum absolute atomic E-state index is 0.288. The van der Waals surface area contributed by atoms with E-state index < -0.39 is 0 Å². The van der Waals surface area contributed by atoms with Crippen LogP contribution < -0.4 is 0 Å². The lowest BCUT2D eigenvalue weighted by atomic mass is 9.74. The molecule has 2 aliphatic carbocycles. The Morgan fingerprint density at radius 3 is 2.70 bits per heavy atom. The first-order chi connectivity index (χ1) is 9.70. The zero-order chi connectivity index (χ0) is 14.1. The first-order valence-electron chi connectivity index (χ1n) is 7.42. The summed E-state index contributed by atoms with van der Waals surface area (Å²) in [4.78, 5) is 0. The lowest BCUT2D eigenvalue weighted by Gasteiger charge is -2.33. The molecule has 1 saturated carbocycles. The summed E-state index contributed by atoms with van der Waals surface area (Å²) in [6.07, 6.45) is 7.75. The Hall–Kier alpha value is -1.60. The van der Waals surface area contributed by atoms with Gasteiger partial charge in [0.15, 0.2) is 0 Å². The standard InChI is InChI=1S/C19H22O/c1-3-15-12-16(11-14-7-5-4-6-8-14)19-17(20)10-9-13(2)18(15)19/h3-10,15-20H,1-2,11-12H2/t15-,16-,17?,18+,19-/m1/s1. The molecule has 0 aliphatic heterocycles. The van der Waals surface area contributed by atoms with Crippen LogP contribution in [0.5, 0.6) is 0 Å². The average molecular weight is 266 g/mol. The van der Waals surface area contributed by atoms with E-state index in [0.29, 0.717) is 17.8 Å². The molecule has 0 bridgehead atoms. The van der Waals surface area contributed by atoms with E-state index in [9.17, 15) is 5.11 Å². The number of allylic oxidation sites excluding steroid dienone is 3. The topological polar surface area (TPSA) is 20.2 Å². The zero-order valence-corrected chi connectivity index (χ0v) is 11.8. The predicted molar refractivity (Wildman–Crippen MR) is 83.2 cm³/mol. The fourth-order valence-corrected chi connectivity index (χ4v) is 4.09. The molecule has 5 atom stereocenters. The molecule has 2 aliphatic rings. The van der Waals surface area contributed by atoms with Crippen LogP contribution in [-0.4, -0.2) is 11.2 Å². The van der Waals surface area contributed by atoms with Crippen LogP contribution in [0, 0.1) is 23.7 Å². The number of benzene rings is 1. The van der Waals surface area contributed by atoms with Crippen molar-refractivity contribution in [2.45, 2.75) is 18.9 Å². The summed E-state index contributed by atoms with van der Waals surface area (Å²) in [5.41, 5.74) is 2.51. The number of aliphatic hydroxyl groups is 1. The maximum atomic E-state index is 10.4. The Kier molecular flexibility index (Phi) is 3.62. The molecule has 0 amide bonds. The van der Waals surface area contributed by atoms with Gasteiger partial charge in [0.1, 0.15) is 0 Å². The second kappa shape index (κ2) is 5.41. The van der Waals surface area contributed by atoms with E-state index in [2.05, 4.69) is 43.5 Å². The van der Waals surface area contributed by atoms with Crippen molar-refractivity contribution in [2.75, 3.05) is 0 Å². The van der Waals surface area contributed by atoms with E-state index in [-0.39, 0.29) is 12.0 Å². The Balaban J connectivity index is 1.87. The van der Waals surface area contributed by atoms with Gasteiger partial charge in [-0.15, -0.1) is 6.58 Å². The summed E-state index contributed by atoms with van der Waals surface area (Å²) < 4.78 is 0. The highest BCUT2D eigenvalue weighted by atomic mass is 16.3. The number of rotatable bonds is 3. The summed E-state index contributed by atoms with van der Waals surface area (Å²) in [5.74, 6) is 1.60. The molecule has 0 radical (unpaired) electrons. The van der Waals surface area contributed by atoms with Crippen molar-refractivity contribution in [1.29, 1.82) is 0 Å². The van der Waals surface area contributed by atoms with Gasteiger partial charge in [0.05, 0.1) is 6.10 Å². The smallest absolute Gasteiger partial charge is 0.0761 e. The van der Waals surface area contributed by atoms with Crippen molar-refractivity contribution < 1.29 is 5.11 Å². The van der Waals surface area contributed by atoms with Crippen molar-refractivity contribution in [3.8, 4) is 0 Å². The second-order valence-corrected chi connectivity index (χ2v) is 6.11. The van der Waals surface area contributed by atoms with E-state index >= 15 is 0 Å². The molecule has 104 valence electrons. The largest absolute Gasteiger partial charge is 0.389 e. The maximum Gasteiger partial charge on any atom is 0.0761 e. The second-order valence-electron chi connectivity index (χ2n) is 6.11. The first kappa shape index (κ1) is 13.4. The number of fused-ring (bicyclic) bond motifs is 1. The fraction of sp³-hybridized carbons (Fsp3) is 0.368. The van der Waals surface area contributed by atoms with Gasteiger partial charge < -0.3 is 5.11 Å². The average Bonchev–Trinajstić information content (AvgIpc) is 2.84. The van der Waals surface area contributed by atoms with Gasteiger partial charge in [-0.1, -0.05) is 60.7 Å². The highest BCUT2D eigenvalue weighted by molar-refractivity contribution is 5.30. The van der Waals surface area contributed by atoms with E-state index in [0.717, 1.165) is 18.4 Å². The van der Waals surface area contributed by atoms with Gasteiger partial charge in [0, 0.05) is 0 Å². The van der Waals surface area contributed by atoms with Gasteiger partial charge in [0.2, 0.25) is 0 Å². The highest BCUT2D eigenvalue weighted by Gasteiger charge is 2.46. The molecule has 1 aromatic rings. The van der Waals surface area contributed by atoms with Gasteiger partial charge in [-0.2, -0.15) is 0 Å². The molecule has 3 rings (SSSR count).